The summed E-state index contributed by atoms with van der Waals surface area (Å²) in [6.45, 7) is 8.89. The predicted molar refractivity (Wildman–Crippen MR) is 64.3 cm³/mol. The van der Waals surface area contributed by atoms with Crippen molar-refractivity contribution in [2.45, 2.75) is 39.5 Å². The molecule has 0 saturated carbocycles. The van der Waals surface area contributed by atoms with E-state index in [-0.39, 0.29) is 0 Å². The Kier molecular flexibility index (Phi) is 2.51. The molecule has 0 aliphatic heterocycles. The first kappa shape index (κ1) is 10.2. The average molecular weight is 202 g/mol. The summed E-state index contributed by atoms with van der Waals surface area (Å²) < 4.78 is 0. The van der Waals surface area contributed by atoms with Gasteiger partial charge in [0.25, 0.3) is 0 Å². The van der Waals surface area contributed by atoms with Crippen molar-refractivity contribution in [3.8, 4) is 0 Å². The molecule has 2 aromatic heterocycles. The number of rotatable bonds is 2. The monoisotopic (exact) mass is 202 g/mol. The number of hydrogen-bond acceptors (Lipinski definition) is 1. The zero-order valence-electron chi connectivity index (χ0n) is 9.83. The fourth-order valence-electron chi connectivity index (χ4n) is 2.03. The lowest BCUT2D eigenvalue weighted by molar-refractivity contribution is 0.851. The van der Waals surface area contributed by atoms with Crippen molar-refractivity contribution in [3.63, 3.8) is 0 Å². The van der Waals surface area contributed by atoms with Crippen molar-refractivity contribution < 1.29 is 0 Å². The van der Waals surface area contributed by atoms with Crippen LogP contribution in [0.15, 0.2) is 18.6 Å². The number of aromatic amines is 1. The van der Waals surface area contributed by atoms with Gasteiger partial charge in [0.2, 0.25) is 0 Å². The number of pyridine rings is 1. The molecule has 0 fully saturated rings. The predicted octanol–water partition coefficient (Wildman–Crippen LogP) is 3.81. The standard InChI is InChI=1S/C13H18N2/c1-8(2)10-5-14-7-12-13(10)11(6-15-12)9(3)4/h5-9,15H,1-4H3. The Morgan fingerprint density at radius 1 is 1.00 bits per heavy atom. The highest BCUT2D eigenvalue weighted by molar-refractivity contribution is 5.86. The van der Waals surface area contributed by atoms with Gasteiger partial charge >= 0.3 is 0 Å². The van der Waals surface area contributed by atoms with Gasteiger partial charge in [0.05, 0.1) is 11.7 Å². The second-order valence-corrected chi connectivity index (χ2v) is 4.70. The van der Waals surface area contributed by atoms with E-state index in [2.05, 4.69) is 43.9 Å². The van der Waals surface area contributed by atoms with Crippen molar-refractivity contribution in [1.29, 1.82) is 0 Å². The summed E-state index contributed by atoms with van der Waals surface area (Å²) in [6.07, 6.45) is 6.02. The quantitative estimate of drug-likeness (QED) is 0.788. The molecular formula is C13H18N2. The number of H-pyrrole nitrogens is 1. The van der Waals surface area contributed by atoms with Crippen molar-refractivity contribution in [2.75, 3.05) is 0 Å². The molecule has 2 aromatic rings. The Morgan fingerprint density at radius 3 is 2.27 bits per heavy atom. The maximum atomic E-state index is 4.28. The third-order valence-electron chi connectivity index (χ3n) is 2.89. The average Bonchev–Trinajstić information content (AvgIpc) is 2.60. The molecule has 0 unspecified atom stereocenters. The normalized spacial score (nSPS) is 11.9. The van der Waals surface area contributed by atoms with Crippen LogP contribution in [-0.4, -0.2) is 9.97 Å². The molecule has 80 valence electrons. The molecular weight excluding hydrogens is 184 g/mol. The van der Waals surface area contributed by atoms with E-state index in [0.717, 1.165) is 5.52 Å². The van der Waals surface area contributed by atoms with Crippen molar-refractivity contribution in [1.82, 2.24) is 9.97 Å². The molecule has 2 heteroatoms. The van der Waals surface area contributed by atoms with E-state index in [4.69, 9.17) is 0 Å². The summed E-state index contributed by atoms with van der Waals surface area (Å²) in [5.74, 6) is 1.08. The van der Waals surface area contributed by atoms with Gasteiger partial charge in [0.1, 0.15) is 0 Å². The van der Waals surface area contributed by atoms with Gasteiger partial charge in [-0.05, 0) is 23.0 Å². The molecule has 0 radical (unpaired) electrons. The lowest BCUT2D eigenvalue weighted by Gasteiger charge is -2.10. The lowest BCUT2D eigenvalue weighted by atomic mass is 9.95. The first-order valence-corrected chi connectivity index (χ1v) is 5.56. The second kappa shape index (κ2) is 3.69. The van der Waals surface area contributed by atoms with Gasteiger partial charge in [-0.25, -0.2) is 0 Å². The van der Waals surface area contributed by atoms with Crippen LogP contribution in [0.1, 0.15) is 50.7 Å². The maximum absolute atomic E-state index is 4.28. The Labute approximate surface area is 90.7 Å². The number of nitrogens with zero attached hydrogens (tertiary/aromatic N) is 1. The lowest BCUT2D eigenvalue weighted by Crippen LogP contribution is -1.93. The summed E-state index contributed by atoms with van der Waals surface area (Å²) in [4.78, 5) is 7.58. The summed E-state index contributed by atoms with van der Waals surface area (Å²) in [5, 5.41) is 1.37. The van der Waals surface area contributed by atoms with Gasteiger partial charge in [0.15, 0.2) is 0 Å². The number of hydrogen-bond donors (Lipinski definition) is 1. The van der Waals surface area contributed by atoms with Gasteiger partial charge in [0, 0.05) is 17.8 Å². The van der Waals surface area contributed by atoms with Gasteiger partial charge in [-0.3, -0.25) is 4.98 Å². The first-order chi connectivity index (χ1) is 7.11. The van der Waals surface area contributed by atoms with Gasteiger partial charge in [-0.15, -0.1) is 0 Å². The molecule has 0 atom stereocenters. The summed E-state index contributed by atoms with van der Waals surface area (Å²) >= 11 is 0. The molecule has 0 amide bonds. The number of nitrogens with one attached hydrogen (secondary N) is 1. The van der Waals surface area contributed by atoms with E-state index < -0.39 is 0 Å². The van der Waals surface area contributed by atoms with Crippen LogP contribution < -0.4 is 0 Å². The van der Waals surface area contributed by atoms with Crippen LogP contribution in [0.3, 0.4) is 0 Å². The third kappa shape index (κ3) is 1.65. The Morgan fingerprint density at radius 2 is 1.67 bits per heavy atom. The minimum atomic E-state index is 0.523. The minimum Gasteiger partial charge on any atom is -0.360 e. The van der Waals surface area contributed by atoms with E-state index in [0.29, 0.717) is 11.8 Å². The molecule has 0 aliphatic rings. The molecule has 0 aliphatic carbocycles. The molecule has 2 rings (SSSR count). The van der Waals surface area contributed by atoms with E-state index in [9.17, 15) is 0 Å². The summed E-state index contributed by atoms with van der Waals surface area (Å²) in [7, 11) is 0. The van der Waals surface area contributed by atoms with Crippen LogP contribution >= 0.6 is 0 Å². The molecule has 0 bridgehead atoms. The molecule has 15 heavy (non-hydrogen) atoms. The molecule has 0 aromatic carbocycles. The van der Waals surface area contributed by atoms with Crippen molar-refractivity contribution in [2.24, 2.45) is 0 Å². The highest BCUT2D eigenvalue weighted by Gasteiger charge is 2.13. The molecule has 0 saturated heterocycles. The number of fused-ring (bicyclic) bond motifs is 1. The van der Waals surface area contributed by atoms with Crippen LogP contribution in [0.4, 0.5) is 0 Å². The third-order valence-corrected chi connectivity index (χ3v) is 2.89. The van der Waals surface area contributed by atoms with Gasteiger partial charge in [-0.1, -0.05) is 27.7 Å². The zero-order valence-corrected chi connectivity index (χ0v) is 9.83. The summed E-state index contributed by atoms with van der Waals surface area (Å²) in [5.41, 5.74) is 3.90. The van der Waals surface area contributed by atoms with Crippen LogP contribution in [0, 0.1) is 0 Å². The summed E-state index contributed by atoms with van der Waals surface area (Å²) in [6, 6.07) is 0. The van der Waals surface area contributed by atoms with Crippen LogP contribution in [0.5, 0.6) is 0 Å². The first-order valence-electron chi connectivity index (χ1n) is 5.56. The molecule has 2 heterocycles. The zero-order chi connectivity index (χ0) is 11.0. The van der Waals surface area contributed by atoms with Crippen molar-refractivity contribution in [3.05, 3.63) is 29.7 Å². The van der Waals surface area contributed by atoms with E-state index in [1.54, 1.807) is 0 Å². The van der Waals surface area contributed by atoms with Gasteiger partial charge in [-0.2, -0.15) is 0 Å². The molecule has 2 nitrogen and oxygen atoms in total. The SMILES string of the molecule is CC(C)c1cncc2[nH]cc(C(C)C)c12. The topological polar surface area (TPSA) is 28.7 Å². The fraction of sp³-hybridized carbons (Fsp3) is 0.462. The molecule has 1 N–H and O–H groups in total. The van der Waals surface area contributed by atoms with Crippen LogP contribution in [0.25, 0.3) is 10.9 Å². The minimum absolute atomic E-state index is 0.523. The van der Waals surface area contributed by atoms with E-state index >= 15 is 0 Å². The maximum Gasteiger partial charge on any atom is 0.0646 e. The van der Waals surface area contributed by atoms with Gasteiger partial charge < -0.3 is 4.98 Å². The molecule has 0 spiro atoms. The van der Waals surface area contributed by atoms with Crippen molar-refractivity contribution >= 4 is 10.9 Å². The Hall–Kier alpha value is -1.31. The van der Waals surface area contributed by atoms with Crippen LogP contribution in [0.2, 0.25) is 0 Å². The smallest absolute Gasteiger partial charge is 0.0646 e. The number of aromatic nitrogens is 2. The van der Waals surface area contributed by atoms with E-state index in [1.807, 2.05) is 12.4 Å². The van der Waals surface area contributed by atoms with E-state index in [1.165, 1.54) is 16.5 Å². The Balaban J connectivity index is 2.75. The Bertz CT molecular complexity index is 466. The fourth-order valence-corrected chi connectivity index (χ4v) is 2.03. The highest BCUT2D eigenvalue weighted by Crippen LogP contribution is 2.31. The largest absolute Gasteiger partial charge is 0.360 e. The van der Waals surface area contributed by atoms with Crippen LogP contribution in [-0.2, 0) is 0 Å². The highest BCUT2D eigenvalue weighted by atomic mass is 14.7. The second-order valence-electron chi connectivity index (χ2n) is 4.70.